The third-order valence-corrected chi connectivity index (χ3v) is 4.31. The number of likely N-dealkylation sites (tertiary alicyclic amines) is 1. The zero-order valence-electron chi connectivity index (χ0n) is 16.8. The van der Waals surface area contributed by atoms with E-state index in [1.165, 1.54) is 0 Å². The highest BCUT2D eigenvalue weighted by molar-refractivity contribution is 14.0. The van der Waals surface area contributed by atoms with Gasteiger partial charge in [0.05, 0.1) is 13.2 Å². The van der Waals surface area contributed by atoms with E-state index in [2.05, 4.69) is 22.5 Å². The van der Waals surface area contributed by atoms with E-state index in [9.17, 15) is 4.79 Å². The van der Waals surface area contributed by atoms with Crippen molar-refractivity contribution in [1.82, 2.24) is 15.5 Å². The van der Waals surface area contributed by atoms with Gasteiger partial charge in [0.25, 0.3) is 0 Å². The minimum atomic E-state index is 0. The van der Waals surface area contributed by atoms with Gasteiger partial charge in [-0.25, -0.2) is 4.99 Å². The molecule has 1 heterocycles. The van der Waals surface area contributed by atoms with Gasteiger partial charge in [-0.1, -0.05) is 26.0 Å². The number of nitrogens with zero attached hydrogens (tertiary/aromatic N) is 2. The third kappa shape index (κ3) is 7.56. The highest BCUT2D eigenvalue weighted by Gasteiger charge is 2.27. The van der Waals surface area contributed by atoms with Crippen molar-refractivity contribution in [1.29, 1.82) is 0 Å². The van der Waals surface area contributed by atoms with E-state index in [-0.39, 0.29) is 41.8 Å². The maximum Gasteiger partial charge on any atom is 0.225 e. The molecule has 1 atom stereocenters. The normalized spacial score (nSPS) is 16.9. The van der Waals surface area contributed by atoms with Crippen LogP contribution in [0.1, 0.15) is 39.7 Å². The number of ether oxygens (including phenoxy) is 1. The van der Waals surface area contributed by atoms with Crippen LogP contribution in [0, 0.1) is 5.92 Å². The Kier molecular flexibility index (Phi) is 10.5. The molecular weight excluding hydrogens is 455 g/mol. The van der Waals surface area contributed by atoms with Gasteiger partial charge in [-0.3, -0.25) is 4.79 Å². The SMILES string of the molecule is CCNC(=NCc1cccc(OCC)c1)NC1CCN(C(=O)C(C)C)C1.I. The standard InChI is InChI=1S/C20H32N4O2.HI/c1-5-21-20(22-13-16-8-7-9-18(12-16)26-6-2)23-17-10-11-24(14-17)19(25)15(3)4;/h7-9,12,15,17H,5-6,10-11,13-14H2,1-4H3,(H2,21,22,23);1H. The van der Waals surface area contributed by atoms with E-state index in [0.29, 0.717) is 13.2 Å². The van der Waals surface area contributed by atoms with Crippen LogP contribution in [0.3, 0.4) is 0 Å². The molecule has 0 aliphatic carbocycles. The molecule has 1 unspecified atom stereocenters. The summed E-state index contributed by atoms with van der Waals surface area (Å²) in [6.45, 7) is 11.5. The van der Waals surface area contributed by atoms with Crippen LogP contribution in [0.4, 0.5) is 0 Å². The molecule has 152 valence electrons. The Labute approximate surface area is 180 Å². The molecule has 0 spiro atoms. The molecule has 27 heavy (non-hydrogen) atoms. The molecule has 1 saturated heterocycles. The quantitative estimate of drug-likeness (QED) is 0.352. The monoisotopic (exact) mass is 488 g/mol. The first-order chi connectivity index (χ1) is 12.5. The molecule has 2 N–H and O–H groups in total. The van der Waals surface area contributed by atoms with Crippen LogP contribution < -0.4 is 15.4 Å². The Hall–Kier alpha value is -1.51. The molecule has 0 bridgehead atoms. The summed E-state index contributed by atoms with van der Waals surface area (Å²) < 4.78 is 5.54. The summed E-state index contributed by atoms with van der Waals surface area (Å²) in [5, 5.41) is 6.75. The van der Waals surface area contributed by atoms with Crippen molar-refractivity contribution in [2.45, 2.75) is 46.7 Å². The van der Waals surface area contributed by atoms with Crippen LogP contribution in [-0.2, 0) is 11.3 Å². The van der Waals surface area contributed by atoms with Gasteiger partial charge < -0.3 is 20.3 Å². The minimum Gasteiger partial charge on any atom is -0.494 e. The van der Waals surface area contributed by atoms with Gasteiger partial charge >= 0.3 is 0 Å². The van der Waals surface area contributed by atoms with Gasteiger partial charge in [-0.2, -0.15) is 0 Å². The van der Waals surface area contributed by atoms with Crippen LogP contribution in [-0.4, -0.2) is 49.0 Å². The predicted octanol–water partition coefficient (Wildman–Crippen LogP) is 3.02. The Morgan fingerprint density at radius 1 is 1.37 bits per heavy atom. The van der Waals surface area contributed by atoms with Crippen molar-refractivity contribution in [3.8, 4) is 5.75 Å². The number of nitrogens with one attached hydrogen (secondary N) is 2. The lowest BCUT2D eigenvalue weighted by Gasteiger charge is -2.20. The van der Waals surface area contributed by atoms with Gasteiger partial charge in [0.2, 0.25) is 5.91 Å². The molecular formula is C20H33IN4O2. The van der Waals surface area contributed by atoms with Gasteiger partial charge in [-0.05, 0) is 38.0 Å². The van der Waals surface area contributed by atoms with E-state index in [0.717, 1.165) is 43.3 Å². The lowest BCUT2D eigenvalue weighted by molar-refractivity contribution is -0.133. The van der Waals surface area contributed by atoms with Crippen LogP contribution in [0.25, 0.3) is 0 Å². The first-order valence-electron chi connectivity index (χ1n) is 9.58. The lowest BCUT2D eigenvalue weighted by atomic mass is 10.2. The molecule has 0 aromatic heterocycles. The molecule has 7 heteroatoms. The van der Waals surface area contributed by atoms with Crippen molar-refractivity contribution in [2.75, 3.05) is 26.2 Å². The maximum atomic E-state index is 12.1. The second kappa shape index (κ2) is 12.0. The molecule has 1 amide bonds. The summed E-state index contributed by atoms with van der Waals surface area (Å²) in [6, 6.07) is 8.26. The first kappa shape index (κ1) is 23.5. The molecule has 1 aromatic carbocycles. The largest absolute Gasteiger partial charge is 0.494 e. The summed E-state index contributed by atoms with van der Waals surface area (Å²) in [5.41, 5.74) is 1.11. The molecule has 1 aliphatic heterocycles. The molecule has 1 aromatic rings. The summed E-state index contributed by atoms with van der Waals surface area (Å²) in [7, 11) is 0. The first-order valence-corrected chi connectivity index (χ1v) is 9.58. The molecule has 1 aliphatic rings. The fraction of sp³-hybridized carbons (Fsp3) is 0.600. The molecule has 0 radical (unpaired) electrons. The number of rotatable bonds is 7. The van der Waals surface area contributed by atoms with Crippen molar-refractivity contribution in [3.63, 3.8) is 0 Å². The highest BCUT2D eigenvalue weighted by atomic mass is 127. The van der Waals surface area contributed by atoms with Gasteiger partial charge in [0.1, 0.15) is 5.75 Å². The smallest absolute Gasteiger partial charge is 0.225 e. The molecule has 6 nitrogen and oxygen atoms in total. The van der Waals surface area contributed by atoms with E-state index in [4.69, 9.17) is 4.74 Å². The average molecular weight is 488 g/mol. The summed E-state index contributed by atoms with van der Waals surface area (Å²) in [4.78, 5) is 18.8. The van der Waals surface area contributed by atoms with Crippen molar-refractivity contribution >= 4 is 35.8 Å². The number of hydrogen-bond acceptors (Lipinski definition) is 3. The van der Waals surface area contributed by atoms with Crippen molar-refractivity contribution in [3.05, 3.63) is 29.8 Å². The molecule has 1 fully saturated rings. The number of carbonyl (C=O) groups excluding carboxylic acids is 1. The summed E-state index contributed by atoms with van der Waals surface area (Å²) in [5.74, 6) is 1.94. The zero-order valence-corrected chi connectivity index (χ0v) is 19.2. The van der Waals surface area contributed by atoms with Gasteiger partial charge in [0, 0.05) is 31.6 Å². The van der Waals surface area contributed by atoms with Crippen LogP contribution in [0.15, 0.2) is 29.3 Å². The van der Waals surface area contributed by atoms with Crippen molar-refractivity contribution < 1.29 is 9.53 Å². The second-order valence-electron chi connectivity index (χ2n) is 6.84. The second-order valence-corrected chi connectivity index (χ2v) is 6.84. The van der Waals surface area contributed by atoms with E-state index >= 15 is 0 Å². The van der Waals surface area contributed by atoms with Crippen molar-refractivity contribution in [2.24, 2.45) is 10.9 Å². The topological polar surface area (TPSA) is 66.0 Å². The van der Waals surface area contributed by atoms with E-state index in [1.807, 2.05) is 49.9 Å². The Balaban J connectivity index is 0.00000364. The van der Waals surface area contributed by atoms with E-state index < -0.39 is 0 Å². The van der Waals surface area contributed by atoms with Gasteiger partial charge in [0.15, 0.2) is 5.96 Å². The fourth-order valence-corrected chi connectivity index (χ4v) is 3.03. The molecule has 2 rings (SSSR count). The highest BCUT2D eigenvalue weighted by Crippen LogP contribution is 2.15. The van der Waals surface area contributed by atoms with E-state index in [1.54, 1.807) is 0 Å². The minimum absolute atomic E-state index is 0. The number of amides is 1. The number of hydrogen-bond donors (Lipinski definition) is 2. The Morgan fingerprint density at radius 2 is 2.15 bits per heavy atom. The van der Waals surface area contributed by atoms with Crippen LogP contribution in [0.5, 0.6) is 5.75 Å². The molecule has 0 saturated carbocycles. The Bertz CT molecular complexity index is 622. The predicted molar refractivity (Wildman–Crippen MR) is 121 cm³/mol. The number of benzene rings is 1. The third-order valence-electron chi connectivity index (χ3n) is 4.31. The van der Waals surface area contributed by atoms with Crippen LogP contribution in [0.2, 0.25) is 0 Å². The number of aliphatic imine (C=N–C) groups is 1. The van der Waals surface area contributed by atoms with Gasteiger partial charge in [-0.15, -0.1) is 24.0 Å². The zero-order chi connectivity index (χ0) is 18.9. The lowest BCUT2D eigenvalue weighted by Crippen LogP contribution is -2.45. The fourth-order valence-electron chi connectivity index (χ4n) is 3.03. The number of guanidine groups is 1. The number of halogens is 1. The average Bonchev–Trinajstić information content (AvgIpc) is 3.08. The Morgan fingerprint density at radius 3 is 2.81 bits per heavy atom. The summed E-state index contributed by atoms with van der Waals surface area (Å²) in [6.07, 6.45) is 0.947. The van der Waals surface area contributed by atoms with Crippen LogP contribution >= 0.6 is 24.0 Å². The number of carbonyl (C=O) groups is 1. The summed E-state index contributed by atoms with van der Waals surface area (Å²) >= 11 is 0. The maximum absolute atomic E-state index is 12.1.